The molecule has 1 aromatic carbocycles. The summed E-state index contributed by atoms with van der Waals surface area (Å²) in [5.74, 6) is -1.03. The van der Waals surface area contributed by atoms with Gasteiger partial charge in [0.15, 0.2) is 0 Å². The highest BCUT2D eigenvalue weighted by molar-refractivity contribution is 5.95. The number of nitrogens with zero attached hydrogens (tertiary/aromatic N) is 2. The van der Waals surface area contributed by atoms with Gasteiger partial charge in [-0.3, -0.25) is 9.48 Å². The van der Waals surface area contributed by atoms with Crippen molar-refractivity contribution in [1.82, 2.24) is 15.1 Å². The van der Waals surface area contributed by atoms with E-state index in [0.29, 0.717) is 17.8 Å². The molecule has 0 spiro atoms. The summed E-state index contributed by atoms with van der Waals surface area (Å²) in [6.07, 6.45) is 1.82. The van der Waals surface area contributed by atoms with E-state index in [1.54, 1.807) is 18.7 Å². The van der Waals surface area contributed by atoms with Gasteiger partial charge in [0.1, 0.15) is 5.82 Å². The van der Waals surface area contributed by atoms with Crippen LogP contribution in [0.15, 0.2) is 18.3 Å². The molecule has 2 aromatic rings. The minimum atomic E-state index is -0.542. The lowest BCUT2D eigenvalue weighted by Crippen LogP contribution is -2.24. The molecule has 106 valence electrons. The largest absolute Gasteiger partial charge is 0.399 e. The van der Waals surface area contributed by atoms with E-state index >= 15 is 0 Å². The van der Waals surface area contributed by atoms with Crippen LogP contribution >= 0.6 is 0 Å². The lowest BCUT2D eigenvalue weighted by Gasteiger charge is -2.08. The van der Waals surface area contributed by atoms with Gasteiger partial charge in [-0.05, 0) is 31.5 Å². The number of aryl methyl sites for hydroxylation is 3. The van der Waals surface area contributed by atoms with Gasteiger partial charge in [-0.25, -0.2) is 4.39 Å². The highest BCUT2D eigenvalue weighted by Gasteiger charge is 2.15. The summed E-state index contributed by atoms with van der Waals surface area (Å²) < 4.78 is 15.6. The molecule has 3 N–H and O–H groups in total. The van der Waals surface area contributed by atoms with Crippen molar-refractivity contribution in [3.63, 3.8) is 0 Å². The lowest BCUT2D eigenvalue weighted by atomic mass is 10.1. The second-order valence-corrected chi connectivity index (χ2v) is 4.80. The average molecular weight is 276 g/mol. The molecule has 0 saturated carbocycles. The molecule has 5 nitrogen and oxygen atoms in total. The summed E-state index contributed by atoms with van der Waals surface area (Å²) in [6.45, 7) is 3.73. The molecule has 0 bridgehead atoms. The maximum atomic E-state index is 13.9. The topological polar surface area (TPSA) is 72.9 Å². The van der Waals surface area contributed by atoms with Gasteiger partial charge in [0.2, 0.25) is 0 Å². The number of hydrogen-bond acceptors (Lipinski definition) is 3. The molecule has 0 radical (unpaired) electrons. The second kappa shape index (κ2) is 5.32. The average Bonchev–Trinajstić information content (AvgIpc) is 2.69. The summed E-state index contributed by atoms with van der Waals surface area (Å²) >= 11 is 0. The fourth-order valence-corrected chi connectivity index (χ4v) is 2.06. The zero-order chi connectivity index (χ0) is 14.9. The van der Waals surface area contributed by atoms with Gasteiger partial charge in [-0.1, -0.05) is 0 Å². The summed E-state index contributed by atoms with van der Waals surface area (Å²) in [6, 6.07) is 2.84. The third-order valence-corrected chi connectivity index (χ3v) is 3.08. The van der Waals surface area contributed by atoms with Gasteiger partial charge < -0.3 is 11.1 Å². The van der Waals surface area contributed by atoms with Gasteiger partial charge in [0.25, 0.3) is 5.91 Å². The van der Waals surface area contributed by atoms with Crippen LogP contribution in [-0.4, -0.2) is 15.7 Å². The van der Waals surface area contributed by atoms with E-state index in [9.17, 15) is 9.18 Å². The number of carbonyl (C=O) groups excluding carboxylic acids is 1. The predicted molar refractivity (Wildman–Crippen MR) is 74.7 cm³/mol. The Bertz CT molecular complexity index is 663. The van der Waals surface area contributed by atoms with Crippen molar-refractivity contribution in [2.45, 2.75) is 20.4 Å². The Morgan fingerprint density at radius 2 is 2.15 bits per heavy atom. The Morgan fingerprint density at radius 3 is 2.75 bits per heavy atom. The first-order valence-corrected chi connectivity index (χ1v) is 6.21. The minimum Gasteiger partial charge on any atom is -0.399 e. The standard InChI is InChI=1S/C14H17FN4O/c1-8-4-11(16)5-12(13(8)15)14(20)17-6-10-7-19(3)18-9(10)2/h4-5,7H,6,16H2,1-3H3,(H,17,20). The first kappa shape index (κ1) is 14.0. The van der Waals surface area contributed by atoms with Crippen LogP contribution in [0.3, 0.4) is 0 Å². The summed E-state index contributed by atoms with van der Waals surface area (Å²) in [7, 11) is 1.80. The van der Waals surface area contributed by atoms with Crippen LogP contribution in [0.5, 0.6) is 0 Å². The number of benzene rings is 1. The maximum absolute atomic E-state index is 13.9. The van der Waals surface area contributed by atoms with Gasteiger partial charge in [0, 0.05) is 31.0 Å². The fourth-order valence-electron chi connectivity index (χ4n) is 2.06. The maximum Gasteiger partial charge on any atom is 0.254 e. The Morgan fingerprint density at radius 1 is 1.45 bits per heavy atom. The van der Waals surface area contributed by atoms with Gasteiger partial charge >= 0.3 is 0 Å². The number of aromatic nitrogens is 2. The summed E-state index contributed by atoms with van der Waals surface area (Å²) in [4.78, 5) is 12.0. The number of hydrogen-bond donors (Lipinski definition) is 2. The molecule has 2 rings (SSSR count). The molecule has 0 aliphatic heterocycles. The molecule has 1 aromatic heterocycles. The Kier molecular flexibility index (Phi) is 3.74. The smallest absolute Gasteiger partial charge is 0.254 e. The number of nitrogens with two attached hydrogens (primary N) is 1. The van der Waals surface area contributed by atoms with E-state index in [1.807, 2.05) is 13.1 Å². The number of anilines is 1. The molecule has 1 heterocycles. The molecular weight excluding hydrogens is 259 g/mol. The van der Waals surface area contributed by atoms with Crippen molar-refractivity contribution in [3.05, 3.63) is 46.5 Å². The summed E-state index contributed by atoms with van der Waals surface area (Å²) in [5, 5.41) is 6.86. The summed E-state index contributed by atoms with van der Waals surface area (Å²) in [5.41, 5.74) is 8.05. The van der Waals surface area contributed by atoms with Crippen LogP contribution in [0.4, 0.5) is 10.1 Å². The van der Waals surface area contributed by atoms with Crippen molar-refractivity contribution < 1.29 is 9.18 Å². The van der Waals surface area contributed by atoms with Crippen molar-refractivity contribution in [3.8, 4) is 0 Å². The van der Waals surface area contributed by atoms with E-state index in [0.717, 1.165) is 11.3 Å². The van der Waals surface area contributed by atoms with E-state index in [2.05, 4.69) is 10.4 Å². The third-order valence-electron chi connectivity index (χ3n) is 3.08. The molecule has 0 aliphatic carbocycles. The van der Waals surface area contributed by atoms with Crippen molar-refractivity contribution in [2.75, 3.05) is 5.73 Å². The van der Waals surface area contributed by atoms with E-state index in [1.165, 1.54) is 12.1 Å². The second-order valence-electron chi connectivity index (χ2n) is 4.80. The van der Waals surface area contributed by atoms with Crippen molar-refractivity contribution in [1.29, 1.82) is 0 Å². The van der Waals surface area contributed by atoms with Crippen LogP contribution in [0.2, 0.25) is 0 Å². The van der Waals surface area contributed by atoms with E-state index < -0.39 is 11.7 Å². The van der Waals surface area contributed by atoms with Gasteiger partial charge in [-0.15, -0.1) is 0 Å². The number of nitrogens with one attached hydrogen (secondary N) is 1. The monoisotopic (exact) mass is 276 g/mol. The Hall–Kier alpha value is -2.37. The molecule has 0 fully saturated rings. The first-order valence-electron chi connectivity index (χ1n) is 6.21. The fraction of sp³-hybridized carbons (Fsp3) is 0.286. The lowest BCUT2D eigenvalue weighted by molar-refractivity contribution is 0.0946. The number of nitrogen functional groups attached to an aromatic ring is 1. The number of halogens is 1. The molecule has 0 atom stereocenters. The molecule has 1 amide bonds. The van der Waals surface area contributed by atoms with Crippen molar-refractivity contribution in [2.24, 2.45) is 7.05 Å². The molecule has 0 saturated heterocycles. The van der Waals surface area contributed by atoms with E-state index in [4.69, 9.17) is 5.73 Å². The van der Waals surface area contributed by atoms with Crippen LogP contribution in [-0.2, 0) is 13.6 Å². The van der Waals surface area contributed by atoms with Crippen LogP contribution in [0.25, 0.3) is 0 Å². The van der Waals surface area contributed by atoms with Gasteiger partial charge in [0.05, 0.1) is 11.3 Å². The molecule has 20 heavy (non-hydrogen) atoms. The molecular formula is C14H17FN4O. The predicted octanol–water partition coefficient (Wildman–Crippen LogP) is 1.69. The van der Waals surface area contributed by atoms with E-state index in [-0.39, 0.29) is 5.56 Å². The SMILES string of the molecule is Cc1cc(N)cc(C(=O)NCc2cn(C)nc2C)c1F. The zero-order valence-electron chi connectivity index (χ0n) is 11.7. The molecule has 0 unspecified atom stereocenters. The zero-order valence-corrected chi connectivity index (χ0v) is 11.7. The third kappa shape index (κ3) is 2.79. The Balaban J connectivity index is 2.15. The highest BCUT2D eigenvalue weighted by atomic mass is 19.1. The van der Waals surface area contributed by atoms with Gasteiger partial charge in [-0.2, -0.15) is 5.10 Å². The van der Waals surface area contributed by atoms with Crippen LogP contribution in [0, 0.1) is 19.7 Å². The highest BCUT2D eigenvalue weighted by Crippen LogP contribution is 2.17. The minimum absolute atomic E-state index is 0.0379. The van der Waals surface area contributed by atoms with Crippen LogP contribution < -0.4 is 11.1 Å². The number of rotatable bonds is 3. The number of carbonyl (C=O) groups is 1. The van der Waals surface area contributed by atoms with Crippen LogP contribution in [0.1, 0.15) is 27.2 Å². The molecule has 6 heteroatoms. The molecule has 0 aliphatic rings. The normalized spacial score (nSPS) is 10.6. The Labute approximate surface area is 116 Å². The van der Waals surface area contributed by atoms with Crippen molar-refractivity contribution >= 4 is 11.6 Å². The quantitative estimate of drug-likeness (QED) is 0.838. The number of amides is 1. The first-order chi connectivity index (χ1) is 9.38.